The molecule has 4 aliphatic rings. The maximum atomic E-state index is 13.9. The Bertz CT molecular complexity index is 4880. The lowest BCUT2D eigenvalue weighted by Gasteiger charge is -2.27. The first-order valence-corrected chi connectivity index (χ1v) is 35.5. The highest BCUT2D eigenvalue weighted by atomic mass is 35.5. The predicted octanol–water partition coefficient (Wildman–Crippen LogP) is 18.3. The molecule has 8 amide bonds. The zero-order chi connectivity index (χ0) is 73.1. The van der Waals surface area contributed by atoms with Crippen LogP contribution in [0.25, 0.3) is 45.0 Å². The molecule has 16 rings (SSSR count). The van der Waals surface area contributed by atoms with Crippen LogP contribution in [0, 0.1) is 24.1 Å². The van der Waals surface area contributed by atoms with E-state index in [4.69, 9.17) is 58.0 Å². The van der Waals surface area contributed by atoms with Crippen LogP contribution in [0.5, 0.6) is 0 Å². The SMILES string of the molecule is Cc1c(Cl)cccc1NC(=O)N1CCc2[nH]nc(-c3ccccc3)c2C1.N#Cc1ccc(Cl)cc1NC(=O)N1CCc2[nH]nc(-c3ccccc3)c2C1.O=C(Nc1cc(Cl)ccc1Cl)N1CCc2[nH]nc(-c3ccccc3)c2C1.O=C(Nc1cc(Cl)ccc1F)N1CCc2[nH]nc(-c3ccccc3)c2C1. The maximum absolute atomic E-state index is 13.9. The van der Waals surface area contributed by atoms with E-state index < -0.39 is 5.82 Å². The van der Waals surface area contributed by atoms with Gasteiger partial charge in [0.25, 0.3) is 0 Å². The van der Waals surface area contributed by atoms with Crippen LogP contribution in [0.1, 0.15) is 56.2 Å². The normalized spacial score (nSPS) is 13.3. The Kier molecular flexibility index (Phi) is 22.5. The molecular formula is C78H67Cl5FN17O4. The van der Waals surface area contributed by atoms with Crippen molar-refractivity contribution in [3.63, 3.8) is 0 Å². The van der Waals surface area contributed by atoms with Crippen molar-refractivity contribution in [1.82, 2.24) is 60.4 Å². The number of nitrogens with zero attached hydrogens (tertiary/aromatic N) is 9. The highest BCUT2D eigenvalue weighted by Crippen LogP contribution is 2.35. The largest absolute Gasteiger partial charge is 0.322 e. The summed E-state index contributed by atoms with van der Waals surface area (Å²) in [6.45, 7) is 6.11. The molecule has 8 aromatic carbocycles. The summed E-state index contributed by atoms with van der Waals surface area (Å²) in [5.74, 6) is -0.520. The van der Waals surface area contributed by atoms with Crippen molar-refractivity contribution in [2.75, 3.05) is 47.4 Å². The number of urea groups is 4. The Morgan fingerprint density at radius 2 is 0.714 bits per heavy atom. The summed E-state index contributed by atoms with van der Waals surface area (Å²) in [6, 6.07) is 60.2. The van der Waals surface area contributed by atoms with Gasteiger partial charge in [0.2, 0.25) is 0 Å². The average Bonchev–Trinajstić information content (AvgIpc) is 1.71. The van der Waals surface area contributed by atoms with Crippen LogP contribution in [-0.2, 0) is 51.9 Å². The fourth-order valence-corrected chi connectivity index (χ4v) is 13.5. The Morgan fingerprint density at radius 1 is 0.390 bits per heavy atom. The van der Waals surface area contributed by atoms with Crippen molar-refractivity contribution >= 4 is 105 Å². The highest BCUT2D eigenvalue weighted by molar-refractivity contribution is 6.36. The molecule has 0 saturated heterocycles. The zero-order valence-corrected chi connectivity index (χ0v) is 60.2. The van der Waals surface area contributed by atoms with Gasteiger partial charge >= 0.3 is 24.1 Å². The standard InChI is InChI=1S/C20H16ClN5O.C20H19ClN4O.C19H16Cl2N4O.C19H16ClFN4O/c21-15-7-6-14(11-22)18(10-15)23-20(27)26-9-8-17-16(12-26)19(25-24-17)13-4-2-1-3-5-13;1-13-16(21)8-5-9-17(13)22-20(26)25-11-10-18-15(12-25)19(24-23-18)14-6-3-2-4-7-14;2*20-13-6-7-15(21)17(10-13)22-19(26)25-9-8-16-14(11-25)18(24-23-16)12-4-2-1-3-5-12/h1-7,10H,8-9,12H2,(H,23,27)(H,24,25);2-9H,10-12H2,1H3,(H,22,26)(H,23,24);2*1-7,10H,8-9,11H2,(H,22,26)(H,23,24). The van der Waals surface area contributed by atoms with Gasteiger partial charge in [-0.15, -0.1) is 0 Å². The summed E-state index contributed by atoms with van der Waals surface area (Å²) < 4.78 is 13.9. The number of aromatic amines is 4. The zero-order valence-electron chi connectivity index (χ0n) is 56.4. The number of benzene rings is 8. The minimum Gasteiger partial charge on any atom is -0.320 e. The van der Waals surface area contributed by atoms with E-state index in [0.29, 0.717) is 107 Å². The van der Waals surface area contributed by atoms with E-state index in [0.717, 1.165) is 114 Å². The van der Waals surface area contributed by atoms with E-state index in [1.54, 1.807) is 51.1 Å². The first-order valence-electron chi connectivity index (χ1n) is 33.6. The van der Waals surface area contributed by atoms with Crippen LogP contribution >= 0.6 is 58.0 Å². The minimum absolute atomic E-state index is 0.0729. The van der Waals surface area contributed by atoms with E-state index in [1.807, 2.05) is 151 Å². The number of amides is 8. The number of aromatic nitrogens is 8. The fourth-order valence-electron chi connectivity index (χ4n) is 12.6. The number of halogens is 6. The number of carbonyl (C=O) groups is 4. The van der Waals surface area contributed by atoms with Gasteiger partial charge in [-0.2, -0.15) is 25.7 Å². The van der Waals surface area contributed by atoms with Crippen molar-refractivity contribution in [1.29, 1.82) is 5.26 Å². The first kappa shape index (κ1) is 71.9. The Labute approximate surface area is 628 Å². The van der Waals surface area contributed by atoms with E-state index in [2.05, 4.69) is 68.1 Å². The van der Waals surface area contributed by atoms with E-state index in [-0.39, 0.29) is 29.8 Å². The third kappa shape index (κ3) is 17.0. The van der Waals surface area contributed by atoms with E-state index >= 15 is 0 Å². The summed E-state index contributed by atoms with van der Waals surface area (Å²) >= 11 is 30.2. The molecular weight excluding hydrogens is 1440 g/mol. The number of rotatable bonds is 8. The fraction of sp³-hybridized carbons (Fsp3) is 0.167. The number of anilines is 4. The smallest absolute Gasteiger partial charge is 0.320 e. The summed E-state index contributed by atoms with van der Waals surface area (Å²) in [5.41, 5.74) is 19.0. The van der Waals surface area contributed by atoms with Gasteiger partial charge in [-0.25, -0.2) is 23.6 Å². The summed E-state index contributed by atoms with van der Waals surface area (Å²) in [4.78, 5) is 57.7. The Balaban J connectivity index is 0.000000124. The molecule has 8 N–H and O–H groups in total. The van der Waals surface area contributed by atoms with Crippen molar-refractivity contribution in [3.8, 4) is 51.1 Å². The molecule has 4 aromatic heterocycles. The van der Waals surface area contributed by atoms with Gasteiger partial charge in [0.1, 0.15) is 11.9 Å². The number of H-pyrrole nitrogens is 4. The molecule has 105 heavy (non-hydrogen) atoms. The molecule has 0 bridgehead atoms. The third-order valence-electron chi connectivity index (χ3n) is 18.3. The molecule has 0 unspecified atom stereocenters. The molecule has 0 aliphatic carbocycles. The second-order valence-electron chi connectivity index (χ2n) is 25.0. The summed E-state index contributed by atoms with van der Waals surface area (Å²) in [5, 5.41) is 53.0. The molecule has 0 atom stereocenters. The lowest BCUT2D eigenvalue weighted by molar-refractivity contribution is 0.205. The van der Waals surface area contributed by atoms with Crippen LogP contribution in [0.2, 0.25) is 25.1 Å². The number of hydrogen-bond donors (Lipinski definition) is 8. The topological polar surface area (TPSA) is 268 Å². The van der Waals surface area contributed by atoms with Gasteiger partial charge in [0, 0.05) is 145 Å². The molecule has 0 radical (unpaired) electrons. The van der Waals surface area contributed by atoms with Crippen LogP contribution in [-0.4, -0.2) is 111 Å². The highest BCUT2D eigenvalue weighted by Gasteiger charge is 2.31. The van der Waals surface area contributed by atoms with Crippen LogP contribution in [0.4, 0.5) is 46.3 Å². The van der Waals surface area contributed by atoms with Crippen LogP contribution < -0.4 is 21.3 Å². The van der Waals surface area contributed by atoms with Gasteiger partial charge in [-0.05, 0) is 79.2 Å². The molecule has 530 valence electrons. The Morgan fingerprint density at radius 3 is 1.10 bits per heavy atom. The van der Waals surface area contributed by atoms with Crippen molar-refractivity contribution in [3.05, 3.63) is 281 Å². The summed E-state index contributed by atoms with van der Waals surface area (Å²) in [7, 11) is 0. The Hall–Kier alpha value is -11.5. The lowest BCUT2D eigenvalue weighted by atomic mass is 10.0. The average molecular weight is 1500 g/mol. The number of fused-ring (bicyclic) bond motifs is 4. The van der Waals surface area contributed by atoms with E-state index in [9.17, 15) is 28.8 Å². The third-order valence-corrected chi connectivity index (χ3v) is 19.7. The van der Waals surface area contributed by atoms with Crippen molar-refractivity contribution < 1.29 is 23.6 Å². The molecule has 0 saturated carbocycles. The minimum atomic E-state index is -0.520. The van der Waals surface area contributed by atoms with Gasteiger partial charge < -0.3 is 40.9 Å². The lowest BCUT2D eigenvalue weighted by Crippen LogP contribution is -2.39. The molecule has 4 aliphatic heterocycles. The van der Waals surface area contributed by atoms with Crippen molar-refractivity contribution in [2.24, 2.45) is 0 Å². The number of carbonyl (C=O) groups excluding carboxylic acids is 4. The quantitative estimate of drug-likeness (QED) is 0.0718. The van der Waals surface area contributed by atoms with Crippen LogP contribution in [0.15, 0.2) is 194 Å². The van der Waals surface area contributed by atoms with Crippen LogP contribution in [0.3, 0.4) is 0 Å². The number of hydrogen-bond acceptors (Lipinski definition) is 9. The van der Waals surface area contributed by atoms with Gasteiger partial charge in [0.05, 0.1) is 76.6 Å². The monoisotopic (exact) mass is 1500 g/mol. The van der Waals surface area contributed by atoms with Gasteiger partial charge in [0.15, 0.2) is 0 Å². The van der Waals surface area contributed by atoms with Gasteiger partial charge in [-0.1, -0.05) is 185 Å². The first-order chi connectivity index (χ1) is 51.0. The summed E-state index contributed by atoms with van der Waals surface area (Å²) in [6.07, 6.45) is 2.85. The molecule has 12 aromatic rings. The molecule has 27 heteroatoms. The maximum Gasteiger partial charge on any atom is 0.322 e. The van der Waals surface area contributed by atoms with E-state index in [1.165, 1.54) is 18.2 Å². The molecule has 8 heterocycles. The predicted molar refractivity (Wildman–Crippen MR) is 409 cm³/mol. The van der Waals surface area contributed by atoms with Gasteiger partial charge in [-0.3, -0.25) is 20.4 Å². The molecule has 0 spiro atoms. The number of nitrogens with one attached hydrogen (secondary N) is 8. The second-order valence-corrected chi connectivity index (χ2v) is 27.1. The number of nitriles is 1. The molecule has 0 fully saturated rings. The van der Waals surface area contributed by atoms with Crippen molar-refractivity contribution in [2.45, 2.75) is 58.8 Å². The second kappa shape index (κ2) is 32.9. The molecule has 21 nitrogen and oxygen atoms in total.